The van der Waals surface area contributed by atoms with Crippen LogP contribution in [-0.4, -0.2) is 82.9 Å². The zero-order valence-corrected chi connectivity index (χ0v) is 16.8. The van der Waals surface area contributed by atoms with Crippen LogP contribution in [0.15, 0.2) is 17.3 Å². The van der Waals surface area contributed by atoms with Crippen LogP contribution >= 0.6 is 11.8 Å². The normalized spacial score (nSPS) is 21.3. The van der Waals surface area contributed by atoms with Crippen LogP contribution in [0.3, 0.4) is 0 Å². The summed E-state index contributed by atoms with van der Waals surface area (Å²) in [5, 5.41) is 4.29. The first-order valence-electron chi connectivity index (χ1n) is 8.04. The van der Waals surface area contributed by atoms with Gasteiger partial charge in [-0.25, -0.2) is 9.69 Å². The number of nitrogens with zero attached hydrogens (tertiary/aromatic N) is 5. The molecule has 0 saturated carbocycles. The van der Waals surface area contributed by atoms with E-state index in [0.29, 0.717) is 6.54 Å². The lowest BCUT2D eigenvalue weighted by molar-refractivity contribution is -0.149. The quantitative estimate of drug-likeness (QED) is 0.475. The minimum Gasteiger partial charge on any atom is -0.439 e. The molecule has 2 aliphatic heterocycles. The molecule has 0 aromatic carbocycles. The summed E-state index contributed by atoms with van der Waals surface area (Å²) in [5.74, 6) is -0.481. The molecule has 0 aromatic heterocycles. The Balaban J connectivity index is 2.23. The zero-order valence-electron chi connectivity index (χ0n) is 15.2. The molecule has 2 heterocycles. The molecule has 26 heavy (non-hydrogen) atoms. The molecule has 0 aliphatic carbocycles. The number of amidine groups is 1. The topological polar surface area (TPSA) is 103 Å². The molecule has 0 N–H and O–H groups in total. The van der Waals surface area contributed by atoms with Crippen molar-refractivity contribution in [2.24, 2.45) is 5.10 Å². The van der Waals surface area contributed by atoms with E-state index in [1.54, 1.807) is 19.1 Å². The molecule has 146 valence electrons. The first-order chi connectivity index (χ1) is 12.2. The van der Waals surface area contributed by atoms with Gasteiger partial charge in [-0.3, -0.25) is 4.79 Å². The molecule has 10 nitrogen and oxygen atoms in total. The maximum Gasteiger partial charge on any atom is 0.329 e. The van der Waals surface area contributed by atoms with Crippen molar-refractivity contribution < 1.29 is 22.7 Å². The number of urea groups is 1. The Hall–Kier alpha value is -1.79. The first kappa shape index (κ1) is 20.5. The Bertz CT molecular complexity index is 723. The Morgan fingerprint density at radius 1 is 1.50 bits per heavy atom. The van der Waals surface area contributed by atoms with Gasteiger partial charge in [0.05, 0.1) is 6.54 Å². The van der Waals surface area contributed by atoms with Crippen molar-refractivity contribution in [1.29, 1.82) is 0 Å². The van der Waals surface area contributed by atoms with E-state index in [1.807, 2.05) is 6.92 Å². The lowest BCUT2D eigenvalue weighted by atomic mass is 10.5. The highest BCUT2D eigenvalue weighted by molar-refractivity contribution is 8.14. The Kier molecular flexibility index (Phi) is 6.53. The van der Waals surface area contributed by atoms with E-state index >= 15 is 0 Å². The van der Waals surface area contributed by atoms with Gasteiger partial charge in [0.2, 0.25) is 6.23 Å². The van der Waals surface area contributed by atoms with Crippen molar-refractivity contribution in [3.8, 4) is 0 Å². The standard InChI is InChI=1S/C14H23N5O5S2/c1-5-7-8-16(4)26(22,23)18-10-25-13(15-18)19-12(24-11(3)20)9-17(6-2)14(19)21/h5,7,12H,6,8-10H2,1-4H3. The van der Waals surface area contributed by atoms with Crippen LogP contribution in [0.1, 0.15) is 20.8 Å². The summed E-state index contributed by atoms with van der Waals surface area (Å²) in [4.78, 5) is 26.6. The zero-order chi connectivity index (χ0) is 19.5. The Morgan fingerprint density at radius 2 is 2.19 bits per heavy atom. The fourth-order valence-corrected chi connectivity index (χ4v) is 4.68. The highest BCUT2D eigenvalue weighted by atomic mass is 32.2. The number of esters is 1. The summed E-state index contributed by atoms with van der Waals surface area (Å²) in [6.07, 6.45) is 2.64. The predicted molar refractivity (Wildman–Crippen MR) is 98.1 cm³/mol. The minimum atomic E-state index is -3.80. The molecule has 2 aliphatic rings. The third-order valence-corrected chi connectivity index (χ3v) is 6.54. The third-order valence-electron chi connectivity index (χ3n) is 3.79. The molecular weight excluding hydrogens is 382 g/mol. The number of hydrogen-bond donors (Lipinski definition) is 0. The number of allylic oxidation sites excluding steroid dienone is 1. The van der Waals surface area contributed by atoms with Gasteiger partial charge in [0, 0.05) is 27.1 Å². The minimum absolute atomic E-state index is 0.0422. The van der Waals surface area contributed by atoms with Crippen molar-refractivity contribution in [1.82, 2.24) is 18.5 Å². The van der Waals surface area contributed by atoms with Gasteiger partial charge < -0.3 is 9.64 Å². The van der Waals surface area contributed by atoms with Crippen LogP contribution < -0.4 is 0 Å². The van der Waals surface area contributed by atoms with E-state index in [1.165, 1.54) is 23.8 Å². The van der Waals surface area contributed by atoms with E-state index in [-0.39, 0.29) is 30.2 Å². The highest BCUT2D eigenvalue weighted by Crippen LogP contribution is 2.29. The molecule has 0 aromatic rings. The van der Waals surface area contributed by atoms with E-state index in [2.05, 4.69) is 5.10 Å². The van der Waals surface area contributed by atoms with Gasteiger partial charge in [-0.05, 0) is 13.8 Å². The van der Waals surface area contributed by atoms with E-state index in [9.17, 15) is 18.0 Å². The third kappa shape index (κ3) is 4.13. The average Bonchev–Trinajstić information content (AvgIpc) is 3.17. The molecule has 1 saturated heterocycles. The van der Waals surface area contributed by atoms with Gasteiger partial charge in [0.15, 0.2) is 5.17 Å². The summed E-state index contributed by atoms with van der Waals surface area (Å²) in [5.41, 5.74) is 0. The van der Waals surface area contributed by atoms with Crippen molar-refractivity contribution in [3.63, 3.8) is 0 Å². The number of amides is 2. The molecule has 1 unspecified atom stereocenters. The van der Waals surface area contributed by atoms with Crippen molar-refractivity contribution in [2.45, 2.75) is 27.0 Å². The van der Waals surface area contributed by atoms with Gasteiger partial charge >= 0.3 is 22.2 Å². The number of carbonyl (C=O) groups is 2. The fraction of sp³-hybridized carbons (Fsp3) is 0.643. The van der Waals surface area contributed by atoms with Crippen LogP contribution in [0.4, 0.5) is 4.79 Å². The second-order valence-electron chi connectivity index (χ2n) is 5.59. The van der Waals surface area contributed by atoms with Crippen molar-refractivity contribution in [2.75, 3.05) is 32.6 Å². The number of likely N-dealkylation sites (N-methyl/N-ethyl adjacent to an activating group) is 2. The summed E-state index contributed by atoms with van der Waals surface area (Å²) in [7, 11) is -2.35. The van der Waals surface area contributed by atoms with Crippen molar-refractivity contribution >= 4 is 39.1 Å². The molecule has 1 fully saturated rings. The lowest BCUT2D eigenvalue weighted by Gasteiger charge is -2.21. The van der Waals surface area contributed by atoms with Crippen LogP contribution in [0.2, 0.25) is 0 Å². The summed E-state index contributed by atoms with van der Waals surface area (Å²) >= 11 is 1.10. The van der Waals surface area contributed by atoms with Crippen LogP contribution in [0, 0.1) is 0 Å². The van der Waals surface area contributed by atoms with E-state index < -0.39 is 22.4 Å². The maximum absolute atomic E-state index is 12.6. The summed E-state index contributed by atoms with van der Waals surface area (Å²) in [6.45, 7) is 5.74. The second-order valence-corrected chi connectivity index (χ2v) is 8.44. The predicted octanol–water partition coefficient (Wildman–Crippen LogP) is 0.663. The Morgan fingerprint density at radius 3 is 2.77 bits per heavy atom. The fourth-order valence-electron chi connectivity index (χ4n) is 2.39. The molecule has 2 rings (SSSR count). The van der Waals surface area contributed by atoms with Crippen LogP contribution in [0.5, 0.6) is 0 Å². The molecule has 1 atom stereocenters. The van der Waals surface area contributed by atoms with E-state index in [0.717, 1.165) is 20.5 Å². The second kappa shape index (κ2) is 8.27. The number of rotatable bonds is 6. The smallest absolute Gasteiger partial charge is 0.329 e. The van der Waals surface area contributed by atoms with Gasteiger partial charge in [-0.2, -0.15) is 17.1 Å². The summed E-state index contributed by atoms with van der Waals surface area (Å²) < 4.78 is 32.4. The molecule has 0 radical (unpaired) electrons. The van der Waals surface area contributed by atoms with Gasteiger partial charge in [0.25, 0.3) is 0 Å². The van der Waals surface area contributed by atoms with E-state index in [4.69, 9.17) is 4.74 Å². The lowest BCUT2D eigenvalue weighted by Crippen LogP contribution is -2.41. The number of carbonyl (C=O) groups excluding carboxylic acids is 2. The molecule has 2 amide bonds. The van der Waals surface area contributed by atoms with Crippen molar-refractivity contribution in [3.05, 3.63) is 12.2 Å². The monoisotopic (exact) mass is 405 g/mol. The highest BCUT2D eigenvalue weighted by Gasteiger charge is 2.44. The van der Waals surface area contributed by atoms with Crippen LogP contribution in [-0.2, 0) is 19.7 Å². The largest absolute Gasteiger partial charge is 0.439 e. The molecular formula is C14H23N5O5S2. The van der Waals surface area contributed by atoms with Crippen LogP contribution in [0.25, 0.3) is 0 Å². The number of hydrogen-bond acceptors (Lipinski definition) is 7. The molecule has 0 bridgehead atoms. The SMILES string of the molecule is CC=CCN(C)S(=O)(=O)N1CSC(N2C(=O)N(CC)CC2OC(C)=O)=N1. The number of ether oxygens (including phenoxy) is 1. The maximum atomic E-state index is 12.6. The number of thioether (sulfide) groups is 1. The Labute approximate surface area is 157 Å². The van der Waals surface area contributed by atoms with Gasteiger partial charge in [0.1, 0.15) is 5.88 Å². The first-order valence-corrected chi connectivity index (χ1v) is 10.4. The summed E-state index contributed by atoms with van der Waals surface area (Å²) in [6, 6.07) is -0.369. The molecule has 12 heteroatoms. The number of hydrazone groups is 1. The van der Waals surface area contributed by atoms with Gasteiger partial charge in [-0.1, -0.05) is 23.9 Å². The molecule has 0 spiro atoms. The average molecular weight is 406 g/mol. The van der Waals surface area contributed by atoms with Gasteiger partial charge in [-0.15, -0.1) is 5.10 Å².